The SMILES string of the molecule is O=C(Cc1ccc(OP(=O)(Oc2ccc(CC(=O)Oc3cc(Cl)c(Cl)cc3Cl)cc2)Oc2ccc(CC(=O)Oc3cc(Cl)c(Cl)cc3Cl)cc2)cc1)Oc1cc(Cl)c(Cl)cc1Cl. The summed E-state index contributed by atoms with van der Waals surface area (Å²) in [4.78, 5) is 38.1. The van der Waals surface area contributed by atoms with Crippen molar-refractivity contribution >= 4 is 130 Å². The Hall–Kier alpha value is -4.03. The molecule has 6 aromatic carbocycles. The molecule has 0 aliphatic rings. The number of esters is 3. The molecule has 20 heteroatoms. The Morgan fingerprint density at radius 2 is 0.581 bits per heavy atom. The molecular weight excluding hydrogens is 1010 g/mol. The maximum absolute atomic E-state index is 14.4. The quantitative estimate of drug-likeness (QED) is 0.0425. The summed E-state index contributed by atoms with van der Waals surface area (Å²) in [6.07, 6.45) is -0.535. The Morgan fingerprint density at radius 3 is 0.823 bits per heavy atom. The van der Waals surface area contributed by atoms with Gasteiger partial charge in [0.05, 0.1) is 64.5 Å². The third kappa shape index (κ3) is 13.3. The smallest absolute Gasteiger partial charge is 0.425 e. The molecule has 0 aliphatic carbocycles. The lowest BCUT2D eigenvalue weighted by Gasteiger charge is -2.20. The first-order chi connectivity index (χ1) is 29.4. The zero-order valence-electron chi connectivity index (χ0n) is 30.9. The van der Waals surface area contributed by atoms with E-state index in [0.717, 1.165) is 0 Å². The number of halogens is 9. The Labute approximate surface area is 398 Å². The summed E-state index contributed by atoms with van der Waals surface area (Å²) in [5, 5.41) is 1.33. The van der Waals surface area contributed by atoms with Gasteiger partial charge in [0.25, 0.3) is 0 Å². The highest BCUT2D eigenvalue weighted by Crippen LogP contribution is 2.50. The molecular formula is C42H24Cl9O10P. The first-order valence-corrected chi connectivity index (χ1v) is 22.3. The van der Waals surface area contributed by atoms with Gasteiger partial charge >= 0.3 is 25.7 Å². The highest BCUT2D eigenvalue weighted by atomic mass is 35.5. The number of rotatable bonds is 15. The molecule has 0 radical (unpaired) electrons. The number of hydrogen-bond donors (Lipinski definition) is 0. The number of benzene rings is 6. The number of hydrogen-bond acceptors (Lipinski definition) is 10. The standard InChI is InChI=1S/C42H24Cl9O10P/c43-28-16-34(49)37(19-31(28)46)56-40(52)13-22-1-7-25(8-2-22)59-62(55,60-26-9-3-23(4-10-26)14-41(53)57-38-20-32(47)29(44)17-35(38)50)61-27-11-5-24(6-12-27)15-42(54)58-39-21-33(48)30(45)18-36(39)51/h1-12,16-21H,13-15H2. The minimum Gasteiger partial charge on any atom is -0.425 e. The van der Waals surface area contributed by atoms with Crippen molar-refractivity contribution < 1.29 is 46.7 Å². The zero-order valence-corrected chi connectivity index (χ0v) is 38.6. The lowest BCUT2D eigenvalue weighted by Crippen LogP contribution is -2.12. The van der Waals surface area contributed by atoms with Gasteiger partial charge in [0.1, 0.15) is 17.2 Å². The third-order valence-electron chi connectivity index (χ3n) is 8.06. The fourth-order valence-electron chi connectivity index (χ4n) is 5.17. The highest BCUT2D eigenvalue weighted by Gasteiger charge is 2.33. The fraction of sp³-hybridized carbons (Fsp3) is 0.0714. The molecule has 6 rings (SSSR count). The summed E-state index contributed by atoms with van der Waals surface area (Å²) >= 11 is 54.4. The lowest BCUT2D eigenvalue weighted by atomic mass is 10.1. The monoisotopic (exact) mass is 1030 g/mol. The van der Waals surface area contributed by atoms with E-state index in [1.54, 1.807) is 0 Å². The van der Waals surface area contributed by atoms with Gasteiger partial charge in [0.15, 0.2) is 17.2 Å². The molecule has 0 aliphatic heterocycles. The van der Waals surface area contributed by atoms with Crippen LogP contribution in [0.1, 0.15) is 16.7 Å². The largest absolute Gasteiger partial charge is 0.647 e. The minimum absolute atomic E-state index is 0.0311. The predicted molar refractivity (Wildman–Crippen MR) is 241 cm³/mol. The summed E-state index contributed by atoms with van der Waals surface area (Å²) in [6.45, 7) is 0. The number of phosphoric acid groups is 1. The van der Waals surface area contributed by atoms with Crippen molar-refractivity contribution in [2.45, 2.75) is 19.3 Å². The molecule has 0 heterocycles. The summed E-state index contributed by atoms with van der Waals surface area (Å²) in [7, 11) is -4.58. The van der Waals surface area contributed by atoms with Gasteiger partial charge in [-0.1, -0.05) is 141 Å². The van der Waals surface area contributed by atoms with E-state index < -0.39 is 25.7 Å². The van der Waals surface area contributed by atoms with E-state index in [4.69, 9.17) is 132 Å². The summed E-state index contributed by atoms with van der Waals surface area (Å²) in [6, 6.07) is 25.9. The van der Waals surface area contributed by atoms with Crippen LogP contribution < -0.4 is 27.8 Å². The topological polar surface area (TPSA) is 124 Å². The summed E-state index contributed by atoms with van der Waals surface area (Å²) < 4.78 is 47.9. The molecule has 0 bridgehead atoms. The maximum atomic E-state index is 14.4. The zero-order chi connectivity index (χ0) is 44.7. The molecule has 320 valence electrons. The van der Waals surface area contributed by atoms with Crippen molar-refractivity contribution in [1.29, 1.82) is 0 Å². The molecule has 0 amide bonds. The molecule has 0 N–H and O–H groups in total. The van der Waals surface area contributed by atoms with Crippen LogP contribution in [0.2, 0.25) is 45.2 Å². The van der Waals surface area contributed by atoms with Crippen molar-refractivity contribution in [3.05, 3.63) is 171 Å². The molecule has 0 saturated heterocycles. The Morgan fingerprint density at radius 1 is 0.355 bits per heavy atom. The Bertz CT molecular complexity index is 2410. The third-order valence-corrected chi connectivity index (χ3v) is 12.4. The lowest BCUT2D eigenvalue weighted by molar-refractivity contribution is -0.134. The van der Waals surface area contributed by atoms with Crippen LogP contribution in [0.4, 0.5) is 0 Å². The van der Waals surface area contributed by atoms with E-state index in [1.165, 1.54) is 109 Å². The van der Waals surface area contributed by atoms with E-state index in [1.807, 2.05) is 0 Å². The van der Waals surface area contributed by atoms with Gasteiger partial charge in [-0.3, -0.25) is 14.4 Å². The molecule has 0 fully saturated rings. The highest BCUT2D eigenvalue weighted by molar-refractivity contribution is 7.49. The Balaban J connectivity index is 1.15. The van der Waals surface area contributed by atoms with Crippen molar-refractivity contribution in [3.8, 4) is 34.5 Å². The number of ether oxygens (including phenoxy) is 3. The predicted octanol–water partition coefficient (Wildman–Crippen LogP) is 14.7. The van der Waals surface area contributed by atoms with Crippen LogP contribution in [0.15, 0.2) is 109 Å². The van der Waals surface area contributed by atoms with Gasteiger partial charge in [-0.05, 0) is 71.3 Å². The van der Waals surface area contributed by atoms with Crippen LogP contribution >= 0.6 is 112 Å². The van der Waals surface area contributed by atoms with Crippen LogP contribution in [-0.4, -0.2) is 17.9 Å². The Kier molecular flexibility index (Phi) is 16.1. The van der Waals surface area contributed by atoms with Gasteiger partial charge in [0.2, 0.25) is 0 Å². The molecule has 0 unspecified atom stereocenters. The summed E-state index contributed by atoms with van der Waals surface area (Å²) in [5.41, 5.74) is 1.50. The maximum Gasteiger partial charge on any atom is 0.647 e. The molecule has 0 aromatic heterocycles. The molecule has 0 spiro atoms. The van der Waals surface area contributed by atoms with Crippen molar-refractivity contribution in [2.75, 3.05) is 0 Å². The van der Waals surface area contributed by atoms with Crippen molar-refractivity contribution in [2.24, 2.45) is 0 Å². The van der Waals surface area contributed by atoms with E-state index in [9.17, 15) is 18.9 Å². The van der Waals surface area contributed by atoms with E-state index in [2.05, 4.69) is 0 Å². The molecule has 62 heavy (non-hydrogen) atoms. The molecule has 0 atom stereocenters. The second-order valence-electron chi connectivity index (χ2n) is 12.7. The molecule has 6 aromatic rings. The van der Waals surface area contributed by atoms with Crippen LogP contribution in [-0.2, 0) is 38.2 Å². The van der Waals surface area contributed by atoms with Gasteiger partial charge in [-0.25, -0.2) is 0 Å². The average molecular weight is 1040 g/mol. The van der Waals surface area contributed by atoms with Gasteiger partial charge in [-0.15, -0.1) is 0 Å². The van der Waals surface area contributed by atoms with Gasteiger partial charge in [0, 0.05) is 18.2 Å². The fourth-order valence-corrected chi connectivity index (χ4v) is 8.15. The molecule has 0 saturated carbocycles. The number of carbonyl (C=O) groups excluding carboxylic acids is 3. The first-order valence-electron chi connectivity index (χ1n) is 17.4. The van der Waals surface area contributed by atoms with E-state index in [0.29, 0.717) is 16.7 Å². The first kappa shape index (κ1) is 47.4. The van der Waals surface area contributed by atoms with Crippen LogP contribution in [0.3, 0.4) is 0 Å². The van der Waals surface area contributed by atoms with Crippen molar-refractivity contribution in [3.63, 3.8) is 0 Å². The van der Waals surface area contributed by atoms with Crippen molar-refractivity contribution in [1.82, 2.24) is 0 Å². The number of phosphoric ester groups is 1. The normalized spacial score (nSPS) is 11.1. The molecule has 10 nitrogen and oxygen atoms in total. The van der Waals surface area contributed by atoms with Gasteiger partial charge in [-0.2, -0.15) is 4.57 Å². The van der Waals surface area contributed by atoms with E-state index in [-0.39, 0.29) is 99.0 Å². The minimum atomic E-state index is -4.58. The summed E-state index contributed by atoms with van der Waals surface area (Å²) in [5.74, 6) is -1.74. The van der Waals surface area contributed by atoms with Crippen LogP contribution in [0, 0.1) is 0 Å². The number of carbonyl (C=O) groups is 3. The van der Waals surface area contributed by atoms with Crippen LogP contribution in [0.25, 0.3) is 0 Å². The van der Waals surface area contributed by atoms with E-state index >= 15 is 0 Å². The van der Waals surface area contributed by atoms with Gasteiger partial charge < -0.3 is 27.8 Å². The van der Waals surface area contributed by atoms with Crippen LogP contribution in [0.5, 0.6) is 34.5 Å². The second-order valence-corrected chi connectivity index (χ2v) is 17.8. The average Bonchev–Trinajstić information content (AvgIpc) is 3.20. The second kappa shape index (κ2) is 21.1.